The van der Waals surface area contributed by atoms with Crippen molar-refractivity contribution in [2.45, 2.75) is 12.8 Å². The zero-order valence-electron chi connectivity index (χ0n) is 11.3. The fraction of sp³-hybridized carbons (Fsp3) is 0.214. The average molecular weight is 292 g/mol. The summed E-state index contributed by atoms with van der Waals surface area (Å²) in [6.45, 7) is 3.70. The number of hydrogen-bond acceptors (Lipinski definition) is 3. The second kappa shape index (κ2) is 7.68. The predicted octanol–water partition coefficient (Wildman–Crippen LogP) is 1.93. The average Bonchev–Trinajstić information content (AvgIpc) is 2.43. The maximum absolute atomic E-state index is 11.5. The van der Waals surface area contributed by atoms with E-state index < -0.39 is 18.0 Å². The Morgan fingerprint density at radius 3 is 2.24 bits per heavy atom. The summed E-state index contributed by atoms with van der Waals surface area (Å²) in [7, 11) is 0. The van der Waals surface area contributed by atoms with Crippen LogP contribution < -0.4 is 10.6 Å². The molecule has 0 aliphatic rings. The second-order valence-electron chi connectivity index (χ2n) is 4.28. The van der Waals surface area contributed by atoms with Gasteiger partial charge < -0.3 is 20.8 Å². The molecule has 0 saturated carbocycles. The van der Waals surface area contributed by atoms with Crippen molar-refractivity contribution in [2.75, 3.05) is 11.9 Å². The smallest absolute Gasteiger partial charge is 0.335 e. The molecule has 7 nitrogen and oxygen atoms in total. The van der Waals surface area contributed by atoms with Gasteiger partial charge in [-0.15, -0.1) is 0 Å². The van der Waals surface area contributed by atoms with Gasteiger partial charge in [0.25, 0.3) is 0 Å². The lowest BCUT2D eigenvalue weighted by molar-refractivity contribution is -0.132. The summed E-state index contributed by atoms with van der Waals surface area (Å²) in [6.07, 6.45) is 0.763. The highest BCUT2D eigenvalue weighted by Crippen LogP contribution is 2.09. The fourth-order valence-corrected chi connectivity index (χ4v) is 1.48. The molecule has 21 heavy (non-hydrogen) atoms. The number of aliphatic carboxylic acids is 1. The predicted molar refractivity (Wildman–Crippen MR) is 76.4 cm³/mol. The Kier molecular flexibility index (Phi) is 5.94. The van der Waals surface area contributed by atoms with E-state index in [9.17, 15) is 14.4 Å². The number of nitrogens with one attached hydrogen (secondary N) is 2. The third-order valence-corrected chi connectivity index (χ3v) is 2.63. The molecule has 0 unspecified atom stereocenters. The third kappa shape index (κ3) is 5.77. The van der Waals surface area contributed by atoms with Crippen LogP contribution in [0.4, 0.5) is 10.5 Å². The summed E-state index contributed by atoms with van der Waals surface area (Å²) in [6, 6.07) is 5.29. The third-order valence-electron chi connectivity index (χ3n) is 2.63. The molecule has 1 aromatic carbocycles. The number of carboxylic acid groups (broad SMARTS) is 2. The van der Waals surface area contributed by atoms with E-state index in [0.717, 1.165) is 0 Å². The lowest BCUT2D eigenvalue weighted by Crippen LogP contribution is -2.29. The molecule has 0 radical (unpaired) electrons. The molecule has 0 aliphatic carbocycles. The number of hydrogen-bond donors (Lipinski definition) is 4. The van der Waals surface area contributed by atoms with E-state index in [2.05, 4.69) is 17.2 Å². The quantitative estimate of drug-likeness (QED) is 0.452. The van der Waals surface area contributed by atoms with Crippen LogP contribution in [0.2, 0.25) is 0 Å². The van der Waals surface area contributed by atoms with E-state index in [1.807, 2.05) is 0 Å². The van der Waals surface area contributed by atoms with E-state index in [4.69, 9.17) is 10.2 Å². The molecule has 0 fully saturated rings. The van der Waals surface area contributed by atoms with Gasteiger partial charge in [0, 0.05) is 17.8 Å². The Morgan fingerprint density at radius 1 is 1.10 bits per heavy atom. The monoisotopic (exact) mass is 292 g/mol. The van der Waals surface area contributed by atoms with Crippen LogP contribution in [0.15, 0.2) is 36.4 Å². The van der Waals surface area contributed by atoms with Crippen molar-refractivity contribution >= 4 is 23.7 Å². The van der Waals surface area contributed by atoms with E-state index in [0.29, 0.717) is 25.1 Å². The minimum atomic E-state index is -1.04. The Balaban J connectivity index is 2.32. The van der Waals surface area contributed by atoms with Crippen LogP contribution in [0.3, 0.4) is 0 Å². The van der Waals surface area contributed by atoms with Gasteiger partial charge in [0.05, 0.1) is 5.56 Å². The summed E-state index contributed by atoms with van der Waals surface area (Å²) < 4.78 is 0. The molecule has 0 saturated heterocycles. The zero-order valence-corrected chi connectivity index (χ0v) is 11.3. The van der Waals surface area contributed by atoms with Gasteiger partial charge in [-0.2, -0.15) is 0 Å². The van der Waals surface area contributed by atoms with E-state index in [1.54, 1.807) is 0 Å². The van der Waals surface area contributed by atoms with E-state index in [-0.39, 0.29) is 11.1 Å². The van der Waals surface area contributed by atoms with Gasteiger partial charge in [-0.25, -0.2) is 14.4 Å². The summed E-state index contributed by atoms with van der Waals surface area (Å²) in [4.78, 5) is 32.7. The molecule has 2 amide bonds. The van der Waals surface area contributed by atoms with Crippen LogP contribution in [-0.4, -0.2) is 34.7 Å². The van der Waals surface area contributed by atoms with Crippen molar-refractivity contribution in [2.24, 2.45) is 0 Å². The second-order valence-corrected chi connectivity index (χ2v) is 4.28. The Hall–Kier alpha value is -2.83. The number of aromatic carboxylic acids is 1. The van der Waals surface area contributed by atoms with Crippen molar-refractivity contribution in [1.82, 2.24) is 5.32 Å². The summed E-state index contributed by atoms with van der Waals surface area (Å²) in [5, 5.41) is 22.4. The molecule has 1 rings (SSSR count). The first kappa shape index (κ1) is 16.2. The van der Waals surface area contributed by atoms with Crippen LogP contribution in [0.5, 0.6) is 0 Å². The Labute approximate surface area is 121 Å². The molecule has 0 atom stereocenters. The molecule has 112 valence electrons. The van der Waals surface area contributed by atoms with Gasteiger partial charge >= 0.3 is 18.0 Å². The van der Waals surface area contributed by atoms with Crippen molar-refractivity contribution in [3.05, 3.63) is 42.0 Å². The Bertz CT molecular complexity index is 551. The number of carbonyl (C=O) groups is 3. The highest BCUT2D eigenvalue weighted by molar-refractivity contribution is 5.91. The van der Waals surface area contributed by atoms with E-state index >= 15 is 0 Å². The molecule has 0 aromatic heterocycles. The number of carboxylic acids is 2. The van der Waals surface area contributed by atoms with Gasteiger partial charge in [-0.1, -0.05) is 6.58 Å². The lowest BCUT2D eigenvalue weighted by atomic mass is 10.2. The van der Waals surface area contributed by atoms with Gasteiger partial charge in [0.1, 0.15) is 0 Å². The number of benzene rings is 1. The lowest BCUT2D eigenvalue weighted by Gasteiger charge is -2.07. The standard InChI is InChI=1S/C14H16N2O5/c1-9(12(17)18)3-2-8-15-14(21)16-11-6-4-10(5-7-11)13(19)20/h4-7H,1-3,8H2,(H,17,18)(H,19,20)(H2,15,16,21). The number of amides is 2. The first-order valence-corrected chi connectivity index (χ1v) is 6.19. The minimum Gasteiger partial charge on any atom is -0.478 e. The number of carbonyl (C=O) groups excluding carboxylic acids is 1. The van der Waals surface area contributed by atoms with Gasteiger partial charge in [-0.3, -0.25) is 0 Å². The van der Waals surface area contributed by atoms with Crippen molar-refractivity contribution in [3.63, 3.8) is 0 Å². The first-order valence-electron chi connectivity index (χ1n) is 6.19. The largest absolute Gasteiger partial charge is 0.478 e. The molecular weight excluding hydrogens is 276 g/mol. The normalized spacial score (nSPS) is 9.71. The van der Waals surface area contributed by atoms with Gasteiger partial charge in [0.2, 0.25) is 0 Å². The Morgan fingerprint density at radius 2 is 1.71 bits per heavy atom. The number of anilines is 1. The highest BCUT2D eigenvalue weighted by Gasteiger charge is 2.06. The fourth-order valence-electron chi connectivity index (χ4n) is 1.48. The minimum absolute atomic E-state index is 0.0986. The topological polar surface area (TPSA) is 116 Å². The number of rotatable bonds is 7. The number of urea groups is 1. The molecule has 0 bridgehead atoms. The maximum Gasteiger partial charge on any atom is 0.335 e. The van der Waals surface area contributed by atoms with E-state index in [1.165, 1.54) is 24.3 Å². The van der Waals surface area contributed by atoms with Crippen molar-refractivity contribution in [3.8, 4) is 0 Å². The van der Waals surface area contributed by atoms with Crippen LogP contribution >= 0.6 is 0 Å². The van der Waals surface area contributed by atoms with Gasteiger partial charge in [-0.05, 0) is 37.1 Å². The molecule has 0 spiro atoms. The molecule has 1 aromatic rings. The molecule has 0 heterocycles. The molecule has 7 heteroatoms. The summed E-state index contributed by atoms with van der Waals surface area (Å²) >= 11 is 0. The molecule has 0 aliphatic heterocycles. The van der Waals surface area contributed by atoms with Crippen LogP contribution in [-0.2, 0) is 4.79 Å². The van der Waals surface area contributed by atoms with Crippen LogP contribution in [0, 0.1) is 0 Å². The molecular formula is C14H16N2O5. The highest BCUT2D eigenvalue weighted by atomic mass is 16.4. The zero-order chi connectivity index (χ0) is 15.8. The first-order chi connectivity index (χ1) is 9.90. The summed E-state index contributed by atoms with van der Waals surface area (Å²) in [5.74, 6) is -2.08. The SMILES string of the molecule is C=C(CCCNC(=O)Nc1ccc(C(=O)O)cc1)C(=O)O. The molecule has 4 N–H and O–H groups in total. The van der Waals surface area contributed by atoms with Crippen molar-refractivity contribution in [1.29, 1.82) is 0 Å². The maximum atomic E-state index is 11.5. The van der Waals surface area contributed by atoms with Crippen LogP contribution in [0.25, 0.3) is 0 Å². The summed E-state index contributed by atoms with van der Waals surface area (Å²) in [5.41, 5.74) is 0.696. The van der Waals surface area contributed by atoms with Crippen molar-refractivity contribution < 1.29 is 24.6 Å². The van der Waals surface area contributed by atoms with Gasteiger partial charge in [0.15, 0.2) is 0 Å². The van der Waals surface area contributed by atoms with Crippen LogP contribution in [0.1, 0.15) is 23.2 Å².